The second-order valence-corrected chi connectivity index (χ2v) is 8.63. The van der Waals surface area contributed by atoms with Crippen LogP contribution in [0.2, 0.25) is 0 Å². The molecule has 0 radical (unpaired) electrons. The lowest BCUT2D eigenvalue weighted by atomic mass is 9.96. The van der Waals surface area contributed by atoms with Crippen LogP contribution >= 0.6 is 0 Å². The second-order valence-electron chi connectivity index (χ2n) is 6.48. The minimum Gasteiger partial charge on any atom is -0.396 e. The van der Waals surface area contributed by atoms with Gasteiger partial charge in [-0.1, -0.05) is 24.3 Å². The highest BCUT2D eigenvalue weighted by molar-refractivity contribution is 7.81. The maximum atomic E-state index is 12.5. The van der Waals surface area contributed by atoms with Crippen LogP contribution in [0, 0.1) is 13.8 Å². The molecule has 5 rings (SSSR count). The maximum Gasteiger partial charge on any atom is 0.241 e. The van der Waals surface area contributed by atoms with Crippen molar-refractivity contribution in [1.82, 2.24) is 0 Å². The van der Waals surface area contributed by atoms with Crippen LogP contribution in [-0.2, 0) is 22.2 Å². The van der Waals surface area contributed by atoms with E-state index < -0.39 is 22.2 Å². The van der Waals surface area contributed by atoms with Crippen LogP contribution in [0.3, 0.4) is 0 Å². The molecule has 0 aromatic heterocycles. The standard InChI is InChI=1S/C20H14O4S2/c1-11-3-5-13-15-9-18-16(10-17(15)23-25(21)19(13)7-11)14-6-4-12(2)8-20(14)26(22)24-18/h3-10H,1-2H3. The summed E-state index contributed by atoms with van der Waals surface area (Å²) < 4.78 is 36.4. The fraction of sp³-hybridized carbons (Fsp3) is 0.100. The van der Waals surface area contributed by atoms with Crippen LogP contribution in [0.25, 0.3) is 22.3 Å². The van der Waals surface area contributed by atoms with Crippen LogP contribution in [0.4, 0.5) is 0 Å². The van der Waals surface area contributed by atoms with Gasteiger partial charge in [-0.2, -0.15) is 0 Å². The van der Waals surface area contributed by atoms with Gasteiger partial charge in [0.1, 0.15) is 11.5 Å². The molecule has 3 aromatic carbocycles. The lowest BCUT2D eigenvalue weighted by Crippen LogP contribution is -2.13. The molecule has 0 saturated carbocycles. The first-order valence-corrected chi connectivity index (χ1v) is 10.3. The van der Waals surface area contributed by atoms with E-state index in [1.54, 1.807) is 0 Å². The zero-order valence-corrected chi connectivity index (χ0v) is 15.7. The number of hydrogen-bond donors (Lipinski definition) is 0. The summed E-state index contributed by atoms with van der Waals surface area (Å²) in [6.45, 7) is 3.90. The van der Waals surface area contributed by atoms with Crippen molar-refractivity contribution in [2.45, 2.75) is 23.6 Å². The van der Waals surface area contributed by atoms with E-state index in [4.69, 9.17) is 8.37 Å². The van der Waals surface area contributed by atoms with Gasteiger partial charge in [0.2, 0.25) is 22.2 Å². The molecule has 0 bridgehead atoms. The van der Waals surface area contributed by atoms with E-state index in [0.717, 1.165) is 33.4 Å². The number of aryl methyl sites for hydroxylation is 2. The van der Waals surface area contributed by atoms with Gasteiger partial charge in [-0.05, 0) is 49.2 Å². The van der Waals surface area contributed by atoms with Crippen LogP contribution in [0.1, 0.15) is 11.1 Å². The molecule has 4 nitrogen and oxygen atoms in total. The summed E-state index contributed by atoms with van der Waals surface area (Å²) in [5.41, 5.74) is 5.33. The first-order chi connectivity index (χ1) is 12.5. The first kappa shape index (κ1) is 15.8. The van der Waals surface area contributed by atoms with Crippen molar-refractivity contribution < 1.29 is 16.8 Å². The Labute approximate surface area is 156 Å². The molecule has 0 fully saturated rings. The van der Waals surface area contributed by atoms with Gasteiger partial charge in [0.15, 0.2) is 0 Å². The predicted octanol–water partition coefficient (Wildman–Crippen LogP) is 4.47. The molecule has 26 heavy (non-hydrogen) atoms. The fourth-order valence-corrected chi connectivity index (χ4v) is 5.41. The van der Waals surface area contributed by atoms with Gasteiger partial charge in [0, 0.05) is 22.3 Å². The first-order valence-electron chi connectivity index (χ1n) is 8.11. The van der Waals surface area contributed by atoms with Gasteiger partial charge in [0.05, 0.1) is 9.79 Å². The molecule has 6 heteroatoms. The van der Waals surface area contributed by atoms with E-state index in [1.807, 2.05) is 62.4 Å². The summed E-state index contributed by atoms with van der Waals surface area (Å²) in [6, 6.07) is 15.2. The molecule has 2 aliphatic heterocycles. The summed E-state index contributed by atoms with van der Waals surface area (Å²) in [7, 11) is 0. The molecule has 0 aliphatic carbocycles. The van der Waals surface area contributed by atoms with Gasteiger partial charge >= 0.3 is 0 Å². The van der Waals surface area contributed by atoms with E-state index in [-0.39, 0.29) is 0 Å². The van der Waals surface area contributed by atoms with Crippen molar-refractivity contribution in [2.24, 2.45) is 0 Å². The zero-order valence-electron chi connectivity index (χ0n) is 14.1. The summed E-state index contributed by atoms with van der Waals surface area (Å²) >= 11 is -3.11. The lowest BCUT2D eigenvalue weighted by molar-refractivity contribution is 0.547. The van der Waals surface area contributed by atoms with Crippen LogP contribution in [0.5, 0.6) is 11.5 Å². The molecular formula is C20H14O4S2. The molecule has 0 saturated heterocycles. The van der Waals surface area contributed by atoms with Crippen LogP contribution in [-0.4, -0.2) is 8.42 Å². The average Bonchev–Trinajstić information content (AvgIpc) is 2.61. The third-order valence-electron chi connectivity index (χ3n) is 4.63. The predicted molar refractivity (Wildman–Crippen MR) is 101 cm³/mol. The normalized spacial score (nSPS) is 19.3. The second kappa shape index (κ2) is 5.53. The quantitative estimate of drug-likeness (QED) is 0.576. The van der Waals surface area contributed by atoms with Crippen molar-refractivity contribution >= 4 is 22.2 Å². The molecule has 3 aromatic rings. The van der Waals surface area contributed by atoms with Crippen molar-refractivity contribution in [1.29, 1.82) is 0 Å². The Morgan fingerprint density at radius 3 is 1.46 bits per heavy atom. The molecule has 2 unspecified atom stereocenters. The van der Waals surface area contributed by atoms with Crippen LogP contribution in [0.15, 0.2) is 58.3 Å². The van der Waals surface area contributed by atoms with Crippen molar-refractivity contribution in [3.63, 3.8) is 0 Å². The topological polar surface area (TPSA) is 52.6 Å². The minimum atomic E-state index is -1.56. The Morgan fingerprint density at radius 2 is 1.04 bits per heavy atom. The fourth-order valence-electron chi connectivity index (χ4n) is 3.35. The molecule has 130 valence electrons. The summed E-state index contributed by atoms with van der Waals surface area (Å²) in [5, 5.41) is 0. The zero-order chi connectivity index (χ0) is 18.0. The highest BCUT2D eigenvalue weighted by Crippen LogP contribution is 2.48. The number of hydrogen-bond acceptors (Lipinski definition) is 4. The smallest absolute Gasteiger partial charge is 0.241 e. The van der Waals surface area contributed by atoms with Gasteiger partial charge < -0.3 is 8.37 Å². The molecule has 0 amide bonds. The average molecular weight is 382 g/mol. The Bertz CT molecular complexity index is 1060. The minimum absolute atomic E-state index is 0.543. The van der Waals surface area contributed by atoms with E-state index in [0.29, 0.717) is 21.3 Å². The largest absolute Gasteiger partial charge is 0.396 e. The van der Waals surface area contributed by atoms with Crippen molar-refractivity contribution in [2.75, 3.05) is 0 Å². The highest BCUT2D eigenvalue weighted by atomic mass is 32.2. The number of benzene rings is 3. The summed E-state index contributed by atoms with van der Waals surface area (Å²) in [4.78, 5) is 1.29. The molecular weight excluding hydrogens is 368 g/mol. The van der Waals surface area contributed by atoms with E-state index in [1.165, 1.54) is 0 Å². The molecule has 0 spiro atoms. The van der Waals surface area contributed by atoms with Gasteiger partial charge in [-0.15, -0.1) is 0 Å². The van der Waals surface area contributed by atoms with Crippen LogP contribution < -0.4 is 8.37 Å². The third kappa shape index (κ3) is 2.26. The highest BCUT2D eigenvalue weighted by Gasteiger charge is 2.30. The Morgan fingerprint density at radius 1 is 0.615 bits per heavy atom. The van der Waals surface area contributed by atoms with Gasteiger partial charge in [-0.3, -0.25) is 0 Å². The molecule has 2 aliphatic rings. The molecule has 2 heterocycles. The van der Waals surface area contributed by atoms with E-state index >= 15 is 0 Å². The Balaban J connectivity index is 1.77. The number of fused-ring (bicyclic) bond motifs is 6. The SMILES string of the molecule is Cc1ccc2c(c1)S(=O)Oc1cc3c(cc1-2)OS(=O)c1cc(C)ccc1-3. The van der Waals surface area contributed by atoms with Gasteiger partial charge in [-0.25, -0.2) is 8.42 Å². The Hall–Kier alpha value is -2.44. The van der Waals surface area contributed by atoms with Gasteiger partial charge in [0.25, 0.3) is 0 Å². The molecule has 2 atom stereocenters. The lowest BCUT2D eigenvalue weighted by Gasteiger charge is -2.25. The van der Waals surface area contributed by atoms with Crippen molar-refractivity contribution in [3.8, 4) is 33.8 Å². The Kier molecular flexibility index (Phi) is 3.36. The van der Waals surface area contributed by atoms with E-state index in [9.17, 15) is 8.42 Å². The summed E-state index contributed by atoms with van der Waals surface area (Å²) in [6.07, 6.45) is 0. The summed E-state index contributed by atoms with van der Waals surface area (Å²) in [5.74, 6) is 1.09. The van der Waals surface area contributed by atoms with Crippen molar-refractivity contribution in [3.05, 3.63) is 59.7 Å². The van der Waals surface area contributed by atoms with E-state index in [2.05, 4.69) is 0 Å². The third-order valence-corrected chi connectivity index (χ3v) is 6.68. The number of rotatable bonds is 0. The monoisotopic (exact) mass is 382 g/mol. The molecule has 0 N–H and O–H groups in total. The maximum absolute atomic E-state index is 12.5.